The summed E-state index contributed by atoms with van der Waals surface area (Å²) in [6.45, 7) is 4.96. The van der Waals surface area contributed by atoms with E-state index in [1.807, 2.05) is 43.5 Å². The largest absolute Gasteiger partial charge is 0.497 e. The number of methoxy groups -OCH3 is 1. The van der Waals surface area contributed by atoms with E-state index in [0.29, 0.717) is 24.6 Å². The zero-order chi connectivity index (χ0) is 25.7. The predicted octanol–water partition coefficient (Wildman–Crippen LogP) is 5.20. The molecule has 8 heteroatoms. The SMILES string of the molecule is COc1cccc(OC[C@H]2c3ccsc3CCN2C(=O)CN(CC(C)C)C(=O)c2ccccc2F)c1. The van der Waals surface area contributed by atoms with Crippen LogP contribution in [0.15, 0.2) is 60.0 Å². The lowest BCUT2D eigenvalue weighted by Crippen LogP contribution is -2.48. The molecule has 4 rings (SSSR count). The number of halogens is 1. The van der Waals surface area contributed by atoms with Gasteiger partial charge in [0.1, 0.15) is 30.5 Å². The van der Waals surface area contributed by atoms with Crippen LogP contribution in [0.1, 0.15) is 40.7 Å². The summed E-state index contributed by atoms with van der Waals surface area (Å²) < 4.78 is 25.8. The number of fused-ring (bicyclic) bond motifs is 1. The molecular formula is C28H31FN2O4S. The zero-order valence-corrected chi connectivity index (χ0v) is 21.6. The number of amides is 2. The summed E-state index contributed by atoms with van der Waals surface area (Å²) in [6.07, 6.45) is 0.750. The Hall–Kier alpha value is -3.39. The molecule has 0 spiro atoms. The maximum Gasteiger partial charge on any atom is 0.257 e. The normalized spacial score (nSPS) is 14.9. The Kier molecular flexibility index (Phi) is 8.25. The Bertz CT molecular complexity index is 1210. The minimum Gasteiger partial charge on any atom is -0.497 e. The number of hydrogen-bond acceptors (Lipinski definition) is 5. The predicted molar refractivity (Wildman–Crippen MR) is 138 cm³/mol. The topological polar surface area (TPSA) is 59.1 Å². The van der Waals surface area contributed by atoms with Crippen molar-refractivity contribution in [3.05, 3.63) is 81.8 Å². The van der Waals surface area contributed by atoms with Crippen LogP contribution in [0.5, 0.6) is 11.5 Å². The van der Waals surface area contributed by atoms with Crippen molar-refractivity contribution in [2.45, 2.75) is 26.3 Å². The van der Waals surface area contributed by atoms with Crippen LogP contribution in [0.25, 0.3) is 0 Å². The fraction of sp³-hybridized carbons (Fsp3) is 0.357. The highest BCUT2D eigenvalue weighted by Crippen LogP contribution is 2.34. The van der Waals surface area contributed by atoms with Crippen LogP contribution in [0.2, 0.25) is 0 Å². The van der Waals surface area contributed by atoms with Crippen LogP contribution in [-0.4, -0.2) is 55.0 Å². The van der Waals surface area contributed by atoms with Crippen molar-refractivity contribution in [1.29, 1.82) is 0 Å². The van der Waals surface area contributed by atoms with E-state index in [0.717, 1.165) is 12.0 Å². The second kappa shape index (κ2) is 11.6. The van der Waals surface area contributed by atoms with Gasteiger partial charge in [0.15, 0.2) is 0 Å². The smallest absolute Gasteiger partial charge is 0.257 e. The Morgan fingerprint density at radius 2 is 1.92 bits per heavy atom. The lowest BCUT2D eigenvalue weighted by Gasteiger charge is -2.37. The molecule has 2 heterocycles. The van der Waals surface area contributed by atoms with Gasteiger partial charge in [0, 0.05) is 24.0 Å². The van der Waals surface area contributed by atoms with Gasteiger partial charge in [-0.15, -0.1) is 11.3 Å². The van der Waals surface area contributed by atoms with Gasteiger partial charge in [0.05, 0.1) is 18.7 Å². The van der Waals surface area contributed by atoms with E-state index >= 15 is 0 Å². The molecule has 0 bridgehead atoms. The maximum absolute atomic E-state index is 14.4. The molecule has 36 heavy (non-hydrogen) atoms. The Morgan fingerprint density at radius 3 is 2.67 bits per heavy atom. The first-order chi connectivity index (χ1) is 17.4. The van der Waals surface area contributed by atoms with Crippen molar-refractivity contribution in [1.82, 2.24) is 9.80 Å². The quantitative estimate of drug-likeness (QED) is 0.397. The Balaban J connectivity index is 1.54. The fourth-order valence-corrected chi connectivity index (χ4v) is 5.39. The molecular weight excluding hydrogens is 479 g/mol. The number of thiophene rings is 1. The molecule has 0 radical (unpaired) electrons. The maximum atomic E-state index is 14.4. The molecule has 2 amide bonds. The molecule has 6 nitrogen and oxygen atoms in total. The lowest BCUT2D eigenvalue weighted by molar-refractivity contribution is -0.135. The number of nitrogens with zero attached hydrogens (tertiary/aromatic N) is 2. The summed E-state index contributed by atoms with van der Waals surface area (Å²) in [5.74, 6) is 0.209. The first-order valence-corrected chi connectivity index (χ1v) is 12.9. The van der Waals surface area contributed by atoms with Crippen LogP contribution in [0, 0.1) is 11.7 Å². The second-order valence-corrected chi connectivity index (χ2v) is 10.2. The van der Waals surface area contributed by atoms with Crippen LogP contribution in [-0.2, 0) is 11.2 Å². The van der Waals surface area contributed by atoms with Gasteiger partial charge in [-0.25, -0.2) is 4.39 Å². The van der Waals surface area contributed by atoms with E-state index in [4.69, 9.17) is 9.47 Å². The van der Waals surface area contributed by atoms with Gasteiger partial charge < -0.3 is 19.3 Å². The van der Waals surface area contributed by atoms with Crippen LogP contribution >= 0.6 is 11.3 Å². The van der Waals surface area contributed by atoms with Crippen molar-refractivity contribution >= 4 is 23.2 Å². The van der Waals surface area contributed by atoms with Gasteiger partial charge in [0.25, 0.3) is 5.91 Å². The third-order valence-corrected chi connectivity index (χ3v) is 7.16. The highest BCUT2D eigenvalue weighted by molar-refractivity contribution is 7.10. The zero-order valence-electron chi connectivity index (χ0n) is 20.8. The third kappa shape index (κ3) is 5.87. The van der Waals surface area contributed by atoms with Gasteiger partial charge in [-0.05, 0) is 53.6 Å². The first-order valence-electron chi connectivity index (χ1n) is 12.0. The Morgan fingerprint density at radius 1 is 1.14 bits per heavy atom. The highest BCUT2D eigenvalue weighted by Gasteiger charge is 2.34. The average Bonchev–Trinajstić information content (AvgIpc) is 3.36. The molecule has 0 N–H and O–H groups in total. The van der Waals surface area contributed by atoms with Crippen molar-refractivity contribution < 1.29 is 23.5 Å². The van der Waals surface area contributed by atoms with Crippen LogP contribution in [0.3, 0.4) is 0 Å². The van der Waals surface area contributed by atoms with Crippen LogP contribution in [0.4, 0.5) is 4.39 Å². The van der Waals surface area contributed by atoms with E-state index in [-0.39, 0.29) is 36.6 Å². The summed E-state index contributed by atoms with van der Waals surface area (Å²) in [5, 5.41) is 2.03. The number of benzene rings is 2. The first kappa shape index (κ1) is 25.7. The summed E-state index contributed by atoms with van der Waals surface area (Å²) >= 11 is 1.68. The van der Waals surface area contributed by atoms with E-state index in [9.17, 15) is 14.0 Å². The molecule has 0 aliphatic carbocycles. The third-order valence-electron chi connectivity index (χ3n) is 6.17. The molecule has 1 aromatic heterocycles. The number of hydrogen-bond donors (Lipinski definition) is 0. The fourth-order valence-electron chi connectivity index (χ4n) is 4.46. The van der Waals surface area contributed by atoms with E-state index < -0.39 is 11.7 Å². The van der Waals surface area contributed by atoms with Gasteiger partial charge in [-0.3, -0.25) is 9.59 Å². The number of ether oxygens (including phenoxy) is 2. The van der Waals surface area contributed by atoms with Crippen molar-refractivity contribution in [2.24, 2.45) is 5.92 Å². The van der Waals surface area contributed by atoms with Gasteiger partial charge in [-0.1, -0.05) is 32.0 Å². The van der Waals surface area contributed by atoms with E-state index in [2.05, 4.69) is 0 Å². The van der Waals surface area contributed by atoms with Crippen molar-refractivity contribution in [3.63, 3.8) is 0 Å². The average molecular weight is 511 g/mol. The summed E-state index contributed by atoms with van der Waals surface area (Å²) in [6, 6.07) is 15.0. The lowest BCUT2D eigenvalue weighted by atomic mass is 10.00. The summed E-state index contributed by atoms with van der Waals surface area (Å²) in [7, 11) is 1.60. The van der Waals surface area contributed by atoms with Crippen molar-refractivity contribution in [3.8, 4) is 11.5 Å². The minimum atomic E-state index is -0.589. The molecule has 1 aliphatic heterocycles. The van der Waals surface area contributed by atoms with Gasteiger partial charge >= 0.3 is 0 Å². The molecule has 2 aromatic carbocycles. The molecule has 0 unspecified atom stereocenters. The molecule has 0 saturated heterocycles. The molecule has 0 fully saturated rings. The van der Waals surface area contributed by atoms with E-state index in [1.54, 1.807) is 41.5 Å². The molecule has 1 atom stereocenters. The molecule has 0 saturated carbocycles. The van der Waals surface area contributed by atoms with Gasteiger partial charge in [0.2, 0.25) is 5.91 Å². The number of rotatable bonds is 9. The standard InChI is InChI=1S/C28H31FN2O4S/c1-19(2)16-30(28(33)22-9-4-5-10-24(22)29)17-27(32)31-13-11-26-23(12-14-36-26)25(31)18-35-21-8-6-7-20(15-21)34-3/h4-10,12,14-15,19,25H,11,13,16-18H2,1-3H3/t25-/m0/s1. The molecule has 1 aliphatic rings. The van der Waals surface area contributed by atoms with E-state index in [1.165, 1.54) is 21.9 Å². The minimum absolute atomic E-state index is 0.0253. The number of carbonyl (C=O) groups excluding carboxylic acids is 2. The van der Waals surface area contributed by atoms with Crippen LogP contribution < -0.4 is 9.47 Å². The second-order valence-electron chi connectivity index (χ2n) is 9.20. The highest BCUT2D eigenvalue weighted by atomic mass is 32.1. The monoisotopic (exact) mass is 510 g/mol. The summed E-state index contributed by atoms with van der Waals surface area (Å²) in [4.78, 5) is 31.3. The van der Waals surface area contributed by atoms with Crippen molar-refractivity contribution in [2.75, 3.05) is 33.4 Å². The molecule has 190 valence electrons. The Labute approximate surface area is 215 Å². The molecule has 3 aromatic rings. The number of carbonyl (C=O) groups is 2. The summed E-state index contributed by atoms with van der Waals surface area (Å²) in [5.41, 5.74) is 1.04. The van der Waals surface area contributed by atoms with Gasteiger partial charge in [-0.2, -0.15) is 0 Å².